The van der Waals surface area contributed by atoms with Crippen LogP contribution in [-0.4, -0.2) is 17.4 Å². The summed E-state index contributed by atoms with van der Waals surface area (Å²) in [7, 11) is 0. The number of nitrogens with zero attached hydrogens (tertiary/aromatic N) is 1. The topological polar surface area (TPSA) is 20.3 Å². The Kier molecular flexibility index (Phi) is 5.53. The third kappa shape index (κ3) is 3.98. The Morgan fingerprint density at radius 2 is 1.48 bits per heavy atom. The predicted octanol–water partition coefficient (Wildman–Crippen LogP) is 5.76. The van der Waals surface area contributed by atoms with E-state index in [1.165, 1.54) is 22.3 Å². The summed E-state index contributed by atoms with van der Waals surface area (Å²) in [6, 6.07) is 29.4. The van der Waals surface area contributed by atoms with Gasteiger partial charge in [-0.1, -0.05) is 84.9 Å². The van der Waals surface area contributed by atoms with Crippen molar-refractivity contribution in [2.45, 2.75) is 39.2 Å². The number of benzene rings is 3. The molecule has 1 saturated heterocycles. The summed E-state index contributed by atoms with van der Waals surface area (Å²) in [6.45, 7) is 5.11. The number of hydrogen-bond acceptors (Lipinski definition) is 1. The van der Waals surface area contributed by atoms with Crippen LogP contribution in [0.5, 0.6) is 0 Å². The van der Waals surface area contributed by atoms with Gasteiger partial charge in [0.05, 0.1) is 11.5 Å². The summed E-state index contributed by atoms with van der Waals surface area (Å²) in [5, 5.41) is 0. The zero-order valence-corrected chi connectivity index (χ0v) is 17.3. The van der Waals surface area contributed by atoms with Gasteiger partial charge in [0, 0.05) is 6.54 Å². The van der Waals surface area contributed by atoms with Crippen LogP contribution >= 0.6 is 0 Å². The SMILES string of the molecule is Cc1ccccc1CC1(Cc2ccccc2)CCN([C@@H](C)c2ccccc2)C1=O. The fraction of sp³-hybridized carbons (Fsp3) is 0.296. The van der Waals surface area contributed by atoms with Gasteiger partial charge in [-0.25, -0.2) is 0 Å². The molecule has 1 aliphatic rings. The number of rotatable bonds is 6. The molecule has 0 spiro atoms. The number of likely N-dealkylation sites (tertiary alicyclic amines) is 1. The van der Waals surface area contributed by atoms with Crippen LogP contribution in [0.25, 0.3) is 0 Å². The normalized spacial score (nSPS) is 20.1. The second kappa shape index (κ2) is 8.24. The quantitative estimate of drug-likeness (QED) is 0.530. The number of carbonyl (C=O) groups excluding carboxylic acids is 1. The minimum atomic E-state index is -0.378. The smallest absolute Gasteiger partial charge is 0.230 e. The molecule has 0 bridgehead atoms. The van der Waals surface area contributed by atoms with E-state index in [-0.39, 0.29) is 11.5 Å². The highest BCUT2D eigenvalue weighted by molar-refractivity contribution is 5.86. The Morgan fingerprint density at radius 1 is 0.862 bits per heavy atom. The van der Waals surface area contributed by atoms with Crippen LogP contribution in [0.4, 0.5) is 0 Å². The Bertz CT molecular complexity index is 966. The Morgan fingerprint density at radius 3 is 2.17 bits per heavy atom. The first-order valence-corrected chi connectivity index (χ1v) is 10.5. The van der Waals surface area contributed by atoms with Crippen molar-refractivity contribution in [3.05, 3.63) is 107 Å². The molecule has 29 heavy (non-hydrogen) atoms. The first kappa shape index (κ1) is 19.4. The van der Waals surface area contributed by atoms with Crippen molar-refractivity contribution in [1.82, 2.24) is 4.90 Å². The van der Waals surface area contributed by atoms with Gasteiger partial charge in [0.1, 0.15) is 0 Å². The predicted molar refractivity (Wildman–Crippen MR) is 119 cm³/mol. The van der Waals surface area contributed by atoms with Crippen molar-refractivity contribution < 1.29 is 4.79 Å². The summed E-state index contributed by atoms with van der Waals surface area (Å²) in [5.41, 5.74) is 4.61. The maximum absolute atomic E-state index is 13.9. The fourth-order valence-electron chi connectivity index (χ4n) is 4.68. The van der Waals surface area contributed by atoms with Gasteiger partial charge in [0.15, 0.2) is 0 Å². The molecule has 148 valence electrons. The van der Waals surface area contributed by atoms with Gasteiger partial charge in [-0.2, -0.15) is 0 Å². The lowest BCUT2D eigenvalue weighted by molar-refractivity contribution is -0.137. The van der Waals surface area contributed by atoms with Crippen LogP contribution in [0, 0.1) is 12.3 Å². The molecular formula is C27H29NO. The van der Waals surface area contributed by atoms with E-state index in [2.05, 4.69) is 91.5 Å². The van der Waals surface area contributed by atoms with Crippen LogP contribution < -0.4 is 0 Å². The third-order valence-corrected chi connectivity index (χ3v) is 6.47. The minimum Gasteiger partial charge on any atom is -0.335 e. The molecule has 1 heterocycles. The maximum Gasteiger partial charge on any atom is 0.230 e. The first-order valence-electron chi connectivity index (χ1n) is 10.5. The molecule has 0 aliphatic carbocycles. The Balaban J connectivity index is 1.67. The summed E-state index contributed by atoms with van der Waals surface area (Å²) < 4.78 is 0. The average molecular weight is 384 g/mol. The minimum absolute atomic E-state index is 0.0956. The lowest BCUT2D eigenvalue weighted by atomic mass is 9.74. The molecule has 3 aromatic rings. The van der Waals surface area contributed by atoms with Crippen molar-refractivity contribution in [1.29, 1.82) is 0 Å². The van der Waals surface area contributed by atoms with Crippen LogP contribution in [0.3, 0.4) is 0 Å². The van der Waals surface area contributed by atoms with Crippen molar-refractivity contribution in [2.75, 3.05) is 6.54 Å². The van der Waals surface area contributed by atoms with E-state index in [1.807, 2.05) is 12.1 Å². The monoisotopic (exact) mass is 383 g/mol. The zero-order valence-electron chi connectivity index (χ0n) is 17.3. The molecule has 0 N–H and O–H groups in total. The second-order valence-electron chi connectivity index (χ2n) is 8.38. The molecule has 0 radical (unpaired) electrons. The van der Waals surface area contributed by atoms with Crippen molar-refractivity contribution in [2.24, 2.45) is 5.41 Å². The lowest BCUT2D eigenvalue weighted by Crippen LogP contribution is -2.39. The van der Waals surface area contributed by atoms with Gasteiger partial charge < -0.3 is 4.90 Å². The van der Waals surface area contributed by atoms with E-state index >= 15 is 0 Å². The summed E-state index contributed by atoms with van der Waals surface area (Å²) >= 11 is 0. The highest BCUT2D eigenvalue weighted by atomic mass is 16.2. The van der Waals surface area contributed by atoms with Crippen LogP contribution in [0.1, 0.15) is 41.6 Å². The van der Waals surface area contributed by atoms with Gasteiger partial charge in [0.25, 0.3) is 0 Å². The summed E-state index contributed by atoms with van der Waals surface area (Å²) in [5.74, 6) is 0.293. The average Bonchev–Trinajstić information content (AvgIpc) is 3.06. The molecule has 1 unspecified atom stereocenters. The largest absolute Gasteiger partial charge is 0.335 e. The number of hydrogen-bond donors (Lipinski definition) is 0. The highest BCUT2D eigenvalue weighted by Crippen LogP contribution is 2.42. The van der Waals surface area contributed by atoms with Crippen molar-refractivity contribution >= 4 is 5.91 Å². The molecular weight excluding hydrogens is 354 g/mol. The lowest BCUT2D eigenvalue weighted by Gasteiger charge is -2.31. The van der Waals surface area contributed by atoms with E-state index in [0.717, 1.165) is 25.8 Å². The Labute approximate surface area is 174 Å². The Hall–Kier alpha value is -2.87. The molecule has 0 saturated carbocycles. The number of amides is 1. The highest BCUT2D eigenvalue weighted by Gasteiger charge is 2.48. The standard InChI is InChI=1S/C27H29NO/c1-21-11-9-10-16-25(21)20-27(19-23-12-5-3-6-13-23)17-18-28(26(27)29)22(2)24-14-7-4-8-15-24/h3-16,22H,17-20H2,1-2H3/t22-,27?/m0/s1. The molecule has 4 rings (SSSR count). The molecule has 2 nitrogen and oxygen atoms in total. The van der Waals surface area contributed by atoms with Crippen LogP contribution in [0.2, 0.25) is 0 Å². The van der Waals surface area contributed by atoms with Crippen LogP contribution in [0.15, 0.2) is 84.9 Å². The van der Waals surface area contributed by atoms with Gasteiger partial charge in [0.2, 0.25) is 5.91 Å². The van der Waals surface area contributed by atoms with Crippen LogP contribution in [-0.2, 0) is 17.6 Å². The molecule has 0 aromatic heterocycles. The van der Waals surface area contributed by atoms with Gasteiger partial charge in [-0.3, -0.25) is 4.79 Å². The molecule has 1 fully saturated rings. The van der Waals surface area contributed by atoms with Crippen molar-refractivity contribution in [3.63, 3.8) is 0 Å². The van der Waals surface area contributed by atoms with E-state index in [4.69, 9.17) is 0 Å². The summed E-state index contributed by atoms with van der Waals surface area (Å²) in [6.07, 6.45) is 2.48. The molecule has 1 aliphatic heterocycles. The van der Waals surface area contributed by atoms with Gasteiger partial charge >= 0.3 is 0 Å². The summed E-state index contributed by atoms with van der Waals surface area (Å²) in [4.78, 5) is 16.0. The molecule has 3 aromatic carbocycles. The number of carbonyl (C=O) groups is 1. The van der Waals surface area contributed by atoms with Gasteiger partial charge in [-0.15, -0.1) is 0 Å². The zero-order chi connectivity index (χ0) is 20.3. The van der Waals surface area contributed by atoms with E-state index < -0.39 is 0 Å². The third-order valence-electron chi connectivity index (χ3n) is 6.47. The maximum atomic E-state index is 13.9. The van der Waals surface area contributed by atoms with E-state index in [0.29, 0.717) is 5.91 Å². The first-order chi connectivity index (χ1) is 14.1. The van der Waals surface area contributed by atoms with Gasteiger partial charge in [-0.05, 0) is 55.4 Å². The molecule has 2 atom stereocenters. The molecule has 1 amide bonds. The molecule has 2 heteroatoms. The van der Waals surface area contributed by atoms with E-state index in [1.54, 1.807) is 0 Å². The van der Waals surface area contributed by atoms with Crippen molar-refractivity contribution in [3.8, 4) is 0 Å². The number of aryl methyl sites for hydroxylation is 1. The fourth-order valence-corrected chi connectivity index (χ4v) is 4.68. The second-order valence-corrected chi connectivity index (χ2v) is 8.38. The van der Waals surface area contributed by atoms with E-state index in [9.17, 15) is 4.79 Å².